The molecule has 25 heavy (non-hydrogen) atoms. The number of benzene rings is 1. The van der Waals surface area contributed by atoms with Crippen LogP contribution in [0.4, 0.5) is 5.82 Å². The lowest BCUT2D eigenvalue weighted by Gasteiger charge is -2.07. The Kier molecular flexibility index (Phi) is 4.60. The van der Waals surface area contributed by atoms with Gasteiger partial charge in [0.1, 0.15) is 4.90 Å². The molecule has 0 bridgehead atoms. The van der Waals surface area contributed by atoms with Gasteiger partial charge < -0.3 is 14.0 Å². The standard InChI is InChI=1S/C16H17N3O5S/c1-10-6-13-14(7-11(10)9-22-2)24-18-16(13)19-25(20,21)12-4-5-15(23-3)17-8-12/h4-8H,9H2,1-3H3,(H,18,19). The summed E-state index contributed by atoms with van der Waals surface area (Å²) < 4.78 is 42.7. The molecule has 0 amide bonds. The summed E-state index contributed by atoms with van der Waals surface area (Å²) in [6.07, 6.45) is 1.21. The number of pyridine rings is 1. The number of rotatable bonds is 6. The van der Waals surface area contributed by atoms with Crippen molar-refractivity contribution in [3.63, 3.8) is 0 Å². The molecule has 0 fully saturated rings. The maximum atomic E-state index is 12.5. The maximum Gasteiger partial charge on any atom is 0.264 e. The number of aryl methyl sites for hydroxylation is 1. The van der Waals surface area contributed by atoms with Gasteiger partial charge in [0.2, 0.25) is 5.88 Å². The fraction of sp³-hybridized carbons (Fsp3) is 0.250. The number of nitrogens with zero attached hydrogens (tertiary/aromatic N) is 2. The van der Waals surface area contributed by atoms with Gasteiger partial charge in [-0.3, -0.25) is 4.72 Å². The van der Waals surface area contributed by atoms with E-state index in [2.05, 4.69) is 14.9 Å². The normalized spacial score (nSPS) is 11.6. The van der Waals surface area contributed by atoms with Gasteiger partial charge in [-0.25, -0.2) is 13.4 Å². The Labute approximate surface area is 144 Å². The van der Waals surface area contributed by atoms with Gasteiger partial charge in [0.05, 0.1) is 25.3 Å². The minimum absolute atomic E-state index is 0.00262. The Morgan fingerprint density at radius 2 is 2.04 bits per heavy atom. The van der Waals surface area contributed by atoms with E-state index in [9.17, 15) is 8.42 Å². The van der Waals surface area contributed by atoms with E-state index in [4.69, 9.17) is 14.0 Å². The summed E-state index contributed by atoms with van der Waals surface area (Å²) >= 11 is 0. The Balaban J connectivity index is 1.95. The molecule has 0 aliphatic rings. The molecule has 1 N–H and O–H groups in total. The van der Waals surface area contributed by atoms with E-state index in [1.165, 1.54) is 25.4 Å². The van der Waals surface area contributed by atoms with E-state index < -0.39 is 10.0 Å². The third-order valence-electron chi connectivity index (χ3n) is 3.69. The van der Waals surface area contributed by atoms with Crippen LogP contribution in [0.3, 0.4) is 0 Å². The smallest absolute Gasteiger partial charge is 0.264 e. The SMILES string of the molecule is COCc1cc2onc(NS(=O)(=O)c3ccc(OC)nc3)c2cc1C. The molecule has 8 nitrogen and oxygen atoms in total. The molecule has 0 saturated heterocycles. The molecule has 132 valence electrons. The summed E-state index contributed by atoms with van der Waals surface area (Å²) in [5.41, 5.74) is 2.37. The van der Waals surface area contributed by atoms with Crippen molar-refractivity contribution in [3.8, 4) is 5.88 Å². The zero-order valence-corrected chi connectivity index (χ0v) is 14.8. The number of anilines is 1. The minimum atomic E-state index is -3.85. The largest absolute Gasteiger partial charge is 0.481 e. The molecule has 0 aliphatic carbocycles. The highest BCUT2D eigenvalue weighted by molar-refractivity contribution is 7.92. The van der Waals surface area contributed by atoms with Crippen molar-refractivity contribution in [2.75, 3.05) is 18.9 Å². The van der Waals surface area contributed by atoms with Crippen LogP contribution < -0.4 is 9.46 Å². The molecular weight excluding hydrogens is 346 g/mol. The van der Waals surface area contributed by atoms with Gasteiger partial charge in [0.25, 0.3) is 10.0 Å². The van der Waals surface area contributed by atoms with Crippen molar-refractivity contribution in [2.24, 2.45) is 0 Å². The van der Waals surface area contributed by atoms with Gasteiger partial charge in [-0.2, -0.15) is 0 Å². The Bertz CT molecular complexity index is 997. The van der Waals surface area contributed by atoms with Crippen molar-refractivity contribution in [1.29, 1.82) is 0 Å². The summed E-state index contributed by atoms with van der Waals surface area (Å²) in [6.45, 7) is 2.34. The van der Waals surface area contributed by atoms with E-state index in [1.54, 1.807) is 13.2 Å². The lowest BCUT2D eigenvalue weighted by molar-refractivity contribution is 0.184. The first kappa shape index (κ1) is 17.2. The molecule has 9 heteroatoms. The second-order valence-corrected chi connectivity index (χ2v) is 7.06. The van der Waals surface area contributed by atoms with E-state index >= 15 is 0 Å². The molecule has 0 unspecified atom stereocenters. The molecule has 0 atom stereocenters. The van der Waals surface area contributed by atoms with Gasteiger partial charge in [0.15, 0.2) is 11.4 Å². The number of nitrogens with one attached hydrogen (secondary N) is 1. The Morgan fingerprint density at radius 1 is 1.24 bits per heavy atom. The van der Waals surface area contributed by atoms with Crippen LogP contribution in [0.25, 0.3) is 11.0 Å². The Hall–Kier alpha value is -2.65. The number of fused-ring (bicyclic) bond motifs is 1. The molecule has 3 aromatic rings. The zero-order valence-electron chi connectivity index (χ0n) is 13.9. The minimum Gasteiger partial charge on any atom is -0.481 e. The first-order valence-electron chi connectivity index (χ1n) is 7.35. The van der Waals surface area contributed by atoms with E-state index in [0.29, 0.717) is 23.5 Å². The van der Waals surface area contributed by atoms with Crippen LogP contribution >= 0.6 is 0 Å². The predicted octanol–water partition coefficient (Wildman–Crippen LogP) is 2.49. The monoisotopic (exact) mass is 363 g/mol. The van der Waals surface area contributed by atoms with Crippen molar-refractivity contribution in [1.82, 2.24) is 10.1 Å². The highest BCUT2D eigenvalue weighted by Gasteiger charge is 2.20. The van der Waals surface area contributed by atoms with E-state index in [-0.39, 0.29) is 10.7 Å². The molecule has 2 heterocycles. The third kappa shape index (κ3) is 3.42. The zero-order chi connectivity index (χ0) is 18.0. The number of sulfonamides is 1. The van der Waals surface area contributed by atoms with Crippen molar-refractivity contribution in [3.05, 3.63) is 41.6 Å². The van der Waals surface area contributed by atoms with Crippen LogP contribution in [0.1, 0.15) is 11.1 Å². The highest BCUT2D eigenvalue weighted by Crippen LogP contribution is 2.28. The number of methoxy groups -OCH3 is 2. The average Bonchev–Trinajstić information content (AvgIpc) is 2.97. The fourth-order valence-corrected chi connectivity index (χ4v) is 3.31. The van der Waals surface area contributed by atoms with Gasteiger partial charge in [-0.1, -0.05) is 5.16 Å². The second kappa shape index (κ2) is 6.69. The average molecular weight is 363 g/mol. The van der Waals surface area contributed by atoms with Crippen LogP contribution in [0.15, 0.2) is 39.9 Å². The van der Waals surface area contributed by atoms with E-state index in [0.717, 1.165) is 11.1 Å². The molecule has 1 aromatic carbocycles. The first-order chi connectivity index (χ1) is 11.9. The molecule has 2 aromatic heterocycles. The van der Waals surface area contributed by atoms with Gasteiger partial charge >= 0.3 is 0 Å². The quantitative estimate of drug-likeness (QED) is 0.717. The topological polar surface area (TPSA) is 104 Å². The highest BCUT2D eigenvalue weighted by atomic mass is 32.2. The fourth-order valence-electron chi connectivity index (χ4n) is 2.35. The molecule has 0 spiro atoms. The van der Waals surface area contributed by atoms with Crippen molar-refractivity contribution in [2.45, 2.75) is 18.4 Å². The summed E-state index contributed by atoms with van der Waals surface area (Å²) in [5.74, 6) is 0.449. The van der Waals surface area contributed by atoms with Gasteiger partial charge in [-0.15, -0.1) is 0 Å². The summed E-state index contributed by atoms with van der Waals surface area (Å²) in [5, 5.41) is 4.40. The molecular formula is C16H17N3O5S. The van der Waals surface area contributed by atoms with Gasteiger partial charge in [0, 0.05) is 13.2 Å². The van der Waals surface area contributed by atoms with Crippen molar-refractivity contribution < 1.29 is 22.4 Å². The van der Waals surface area contributed by atoms with Crippen LogP contribution in [0.5, 0.6) is 5.88 Å². The maximum absolute atomic E-state index is 12.5. The lowest BCUT2D eigenvalue weighted by atomic mass is 10.1. The van der Waals surface area contributed by atoms with Crippen LogP contribution in [-0.2, 0) is 21.4 Å². The van der Waals surface area contributed by atoms with E-state index in [1.807, 2.05) is 13.0 Å². The molecule has 0 aliphatic heterocycles. The van der Waals surface area contributed by atoms with Crippen LogP contribution in [-0.4, -0.2) is 32.8 Å². The number of aromatic nitrogens is 2. The lowest BCUT2D eigenvalue weighted by Crippen LogP contribution is -2.13. The number of ether oxygens (including phenoxy) is 2. The number of hydrogen-bond acceptors (Lipinski definition) is 7. The van der Waals surface area contributed by atoms with Crippen LogP contribution in [0.2, 0.25) is 0 Å². The molecule has 3 rings (SSSR count). The van der Waals surface area contributed by atoms with Gasteiger partial charge in [-0.05, 0) is 36.2 Å². The molecule has 0 radical (unpaired) electrons. The van der Waals surface area contributed by atoms with Crippen molar-refractivity contribution >= 4 is 26.8 Å². The summed E-state index contributed by atoms with van der Waals surface area (Å²) in [4.78, 5) is 3.90. The Morgan fingerprint density at radius 3 is 2.68 bits per heavy atom. The predicted molar refractivity (Wildman–Crippen MR) is 91.1 cm³/mol. The summed E-state index contributed by atoms with van der Waals surface area (Å²) in [6, 6.07) is 6.47. The summed E-state index contributed by atoms with van der Waals surface area (Å²) in [7, 11) is -0.790. The third-order valence-corrected chi connectivity index (χ3v) is 5.01. The second-order valence-electron chi connectivity index (χ2n) is 5.38. The van der Waals surface area contributed by atoms with Crippen LogP contribution in [0, 0.1) is 6.92 Å². The number of hydrogen-bond donors (Lipinski definition) is 1. The molecule has 0 saturated carbocycles. The first-order valence-corrected chi connectivity index (χ1v) is 8.83.